The third kappa shape index (κ3) is 55.3. The molecule has 10 heteroatoms. The van der Waals surface area contributed by atoms with Crippen LogP contribution in [0.15, 0.2) is 24.3 Å². The molecule has 0 bridgehead atoms. The summed E-state index contributed by atoms with van der Waals surface area (Å²) in [6.07, 6.45) is 64.3. The average molecular weight is 1070 g/mol. The Morgan fingerprint density at radius 2 is 0.784 bits per heavy atom. The molecule has 0 fully saturated rings. The molecule has 0 aromatic rings. The van der Waals surface area contributed by atoms with E-state index >= 15 is 0 Å². The van der Waals surface area contributed by atoms with Crippen LogP contribution in [0.4, 0.5) is 0 Å². The lowest BCUT2D eigenvalue weighted by Gasteiger charge is -2.30. The second kappa shape index (κ2) is 54.8. The highest BCUT2D eigenvalue weighted by Crippen LogP contribution is 2.38. The monoisotopic (exact) mass is 1060 g/mol. The summed E-state index contributed by atoms with van der Waals surface area (Å²) in [6, 6.07) is -0.884. The highest BCUT2D eigenvalue weighted by atomic mass is 31.2. The van der Waals surface area contributed by atoms with Crippen LogP contribution in [0.25, 0.3) is 0 Å². The number of hydrogen-bond donors (Lipinski definition) is 1. The third-order valence-corrected chi connectivity index (χ3v) is 15.6. The van der Waals surface area contributed by atoms with Crippen LogP contribution in [-0.2, 0) is 27.9 Å². The van der Waals surface area contributed by atoms with E-state index in [4.69, 9.17) is 13.8 Å². The molecule has 74 heavy (non-hydrogen) atoms. The van der Waals surface area contributed by atoms with Crippen LogP contribution in [-0.4, -0.2) is 69.4 Å². The van der Waals surface area contributed by atoms with Crippen LogP contribution in [0.2, 0.25) is 0 Å². The number of likely N-dealkylation sites (N-methyl/N-ethyl adjacent to an activating group) is 1. The number of nitrogens with zero attached hydrogens (tertiary/aromatic N) is 1. The van der Waals surface area contributed by atoms with Crippen molar-refractivity contribution >= 4 is 19.7 Å². The molecule has 1 amide bonds. The van der Waals surface area contributed by atoms with Crippen molar-refractivity contribution in [2.45, 2.75) is 335 Å². The zero-order chi connectivity index (χ0) is 54.3. The Balaban J connectivity index is 5.15. The maximum atomic E-state index is 13.5. The molecule has 3 atom stereocenters. The summed E-state index contributed by atoms with van der Waals surface area (Å²) in [7, 11) is 1.20. The fraction of sp³-hybridized carbons (Fsp3) is 0.906. The molecule has 1 N–H and O–H groups in total. The van der Waals surface area contributed by atoms with Gasteiger partial charge in [0, 0.05) is 12.8 Å². The van der Waals surface area contributed by atoms with E-state index in [2.05, 4.69) is 38.2 Å². The first-order valence-corrected chi connectivity index (χ1v) is 33.6. The van der Waals surface area contributed by atoms with Crippen LogP contribution < -0.4 is 10.2 Å². The zero-order valence-electron chi connectivity index (χ0n) is 50.1. The molecule has 0 aliphatic heterocycles. The third-order valence-electron chi connectivity index (χ3n) is 14.6. The highest BCUT2D eigenvalue weighted by Gasteiger charge is 2.27. The van der Waals surface area contributed by atoms with Gasteiger partial charge < -0.3 is 28.5 Å². The lowest BCUT2D eigenvalue weighted by molar-refractivity contribution is -0.870. The van der Waals surface area contributed by atoms with Gasteiger partial charge in [0.25, 0.3) is 7.82 Å². The van der Waals surface area contributed by atoms with Gasteiger partial charge in [0.1, 0.15) is 19.3 Å². The Kier molecular flexibility index (Phi) is 53.7. The maximum absolute atomic E-state index is 13.5. The van der Waals surface area contributed by atoms with Crippen molar-refractivity contribution in [3.05, 3.63) is 24.3 Å². The van der Waals surface area contributed by atoms with E-state index in [-0.39, 0.29) is 31.5 Å². The summed E-state index contributed by atoms with van der Waals surface area (Å²) in [5, 5.41) is 3.03. The molecular weight excluding hydrogens is 940 g/mol. The van der Waals surface area contributed by atoms with Gasteiger partial charge in [-0.05, 0) is 57.4 Å². The van der Waals surface area contributed by atoms with Gasteiger partial charge in [0.2, 0.25) is 5.91 Å². The highest BCUT2D eigenvalue weighted by molar-refractivity contribution is 7.45. The molecule has 0 heterocycles. The van der Waals surface area contributed by atoms with Gasteiger partial charge >= 0.3 is 5.97 Å². The van der Waals surface area contributed by atoms with Crippen molar-refractivity contribution in [3.63, 3.8) is 0 Å². The predicted octanol–water partition coefficient (Wildman–Crippen LogP) is 19.1. The van der Waals surface area contributed by atoms with E-state index in [1.165, 1.54) is 218 Å². The molecule has 438 valence electrons. The molecule has 0 saturated carbocycles. The van der Waals surface area contributed by atoms with Gasteiger partial charge in [-0.25, -0.2) is 0 Å². The Morgan fingerprint density at radius 1 is 0.459 bits per heavy atom. The van der Waals surface area contributed by atoms with E-state index in [0.717, 1.165) is 70.6 Å². The predicted molar refractivity (Wildman–Crippen MR) is 317 cm³/mol. The fourth-order valence-electron chi connectivity index (χ4n) is 9.64. The molecule has 0 rings (SSSR count). The lowest BCUT2D eigenvalue weighted by atomic mass is 10.0. The second-order valence-electron chi connectivity index (χ2n) is 23.3. The van der Waals surface area contributed by atoms with Crippen LogP contribution >= 0.6 is 7.82 Å². The van der Waals surface area contributed by atoms with Crippen molar-refractivity contribution in [1.82, 2.24) is 5.32 Å². The Morgan fingerprint density at radius 3 is 1.16 bits per heavy atom. The molecule has 0 aromatic heterocycles. The molecule has 0 radical (unpaired) electrons. The minimum Gasteiger partial charge on any atom is -0.756 e. The maximum Gasteiger partial charge on any atom is 0.306 e. The van der Waals surface area contributed by atoms with E-state index in [9.17, 15) is 19.0 Å². The Labute approximate surface area is 460 Å². The number of carbonyl (C=O) groups is 2. The number of allylic oxidation sites excluding steroid dienone is 3. The van der Waals surface area contributed by atoms with E-state index in [1.54, 1.807) is 0 Å². The number of phosphoric ester groups is 1. The molecule has 9 nitrogen and oxygen atoms in total. The van der Waals surface area contributed by atoms with E-state index in [1.807, 2.05) is 33.3 Å². The number of hydrogen-bond acceptors (Lipinski definition) is 7. The molecule has 0 aliphatic rings. The SMILES string of the molecule is CCCCCC/C=C\CCCCCCCCCC(=O)NC(COP(=O)([O-])OCC[N+](C)(C)C)C(/C=C\CCCCCCCCCCCC)OC(=O)CCCCCCCCCCCCCCCCCCCCCCC. The summed E-state index contributed by atoms with van der Waals surface area (Å²) >= 11 is 0. The first kappa shape index (κ1) is 72.5. The van der Waals surface area contributed by atoms with Crippen molar-refractivity contribution in [2.24, 2.45) is 0 Å². The average Bonchev–Trinajstić information content (AvgIpc) is 3.36. The van der Waals surface area contributed by atoms with E-state index < -0.39 is 20.0 Å². The summed E-state index contributed by atoms with van der Waals surface area (Å²) in [5.74, 6) is -0.529. The summed E-state index contributed by atoms with van der Waals surface area (Å²) in [6.45, 7) is 6.87. The number of unbranched alkanes of at least 4 members (excludes halogenated alkanes) is 41. The molecule has 0 spiro atoms. The van der Waals surface area contributed by atoms with Gasteiger partial charge in [-0.3, -0.25) is 14.2 Å². The number of rotatable bonds is 59. The number of quaternary nitrogens is 1. The van der Waals surface area contributed by atoms with Crippen LogP contribution in [0.3, 0.4) is 0 Å². The topological polar surface area (TPSA) is 114 Å². The summed E-state index contributed by atoms with van der Waals surface area (Å²) in [4.78, 5) is 40.0. The van der Waals surface area contributed by atoms with Crippen molar-refractivity contribution in [3.8, 4) is 0 Å². The Hall–Kier alpha value is -1.51. The largest absolute Gasteiger partial charge is 0.756 e. The van der Waals surface area contributed by atoms with Crippen LogP contribution in [0, 0.1) is 0 Å². The second-order valence-corrected chi connectivity index (χ2v) is 24.7. The molecular formula is C64H125N2O7P. The zero-order valence-corrected chi connectivity index (χ0v) is 51.0. The molecule has 0 aromatic carbocycles. The van der Waals surface area contributed by atoms with Crippen molar-refractivity contribution < 1.29 is 37.3 Å². The molecule has 0 saturated heterocycles. The smallest absolute Gasteiger partial charge is 0.306 e. The number of phosphoric acid groups is 1. The minimum atomic E-state index is -4.69. The van der Waals surface area contributed by atoms with Gasteiger partial charge in [-0.2, -0.15) is 0 Å². The summed E-state index contributed by atoms with van der Waals surface area (Å²) in [5.41, 5.74) is 0. The van der Waals surface area contributed by atoms with Gasteiger partial charge in [-0.1, -0.05) is 277 Å². The number of esters is 1. The lowest BCUT2D eigenvalue weighted by Crippen LogP contribution is -2.47. The fourth-order valence-corrected chi connectivity index (χ4v) is 10.4. The van der Waals surface area contributed by atoms with Gasteiger partial charge in [0.05, 0.1) is 33.8 Å². The number of nitrogens with one attached hydrogen (secondary N) is 1. The standard InChI is InChI=1S/C64H125N2O7P/c1-7-10-13-16-19-22-25-28-30-31-32-33-34-35-37-39-42-45-48-51-54-57-64(68)73-62(55-52-49-46-43-40-27-24-21-18-15-12-9-3)61(60-72-74(69,70)71-59-58-66(4,5)6)65-63(67)56-53-50-47-44-41-38-36-29-26-23-20-17-14-11-8-2/h23,26,52,55,61-62H,7-22,24-25,27-51,53-54,56-60H2,1-6H3,(H-,65,67,69,70)/b26-23-,55-52-. The van der Waals surface area contributed by atoms with Crippen molar-refractivity contribution in [2.75, 3.05) is 40.9 Å². The first-order chi connectivity index (χ1) is 35.9. The van der Waals surface area contributed by atoms with Crippen molar-refractivity contribution in [1.29, 1.82) is 0 Å². The molecule has 3 unspecified atom stereocenters. The minimum absolute atomic E-state index is 0.0196. The first-order valence-electron chi connectivity index (χ1n) is 32.1. The van der Waals surface area contributed by atoms with Gasteiger partial charge in [-0.15, -0.1) is 0 Å². The number of amides is 1. The van der Waals surface area contributed by atoms with Crippen LogP contribution in [0.1, 0.15) is 323 Å². The quantitative estimate of drug-likeness (QED) is 0.0212. The molecule has 0 aliphatic carbocycles. The Bertz CT molecular complexity index is 1320. The van der Waals surface area contributed by atoms with Gasteiger partial charge in [0.15, 0.2) is 0 Å². The number of carbonyl (C=O) groups excluding carboxylic acids is 2. The normalized spacial score (nSPS) is 13.8. The number of ether oxygens (including phenoxy) is 1. The van der Waals surface area contributed by atoms with Crippen LogP contribution in [0.5, 0.6) is 0 Å². The van der Waals surface area contributed by atoms with E-state index in [0.29, 0.717) is 17.4 Å². The summed E-state index contributed by atoms with van der Waals surface area (Å²) < 4.78 is 30.3.